The molecule has 1 atom stereocenters. The summed E-state index contributed by atoms with van der Waals surface area (Å²) in [6, 6.07) is 13.5. The van der Waals surface area contributed by atoms with Crippen LogP contribution >= 0.6 is 0 Å². The van der Waals surface area contributed by atoms with Gasteiger partial charge in [0.05, 0.1) is 19.1 Å². The third kappa shape index (κ3) is 7.21. The molecule has 0 aliphatic heterocycles. The Kier molecular flexibility index (Phi) is 9.49. The molecule has 0 heterocycles. The van der Waals surface area contributed by atoms with Crippen LogP contribution in [0.3, 0.4) is 0 Å². The molecule has 8 nitrogen and oxygen atoms in total. The zero-order valence-electron chi connectivity index (χ0n) is 20.7. The van der Waals surface area contributed by atoms with Crippen LogP contribution in [-0.4, -0.2) is 57.6 Å². The lowest BCUT2D eigenvalue weighted by molar-refractivity contribution is -0.139. The maximum absolute atomic E-state index is 13.4. The SMILES string of the molecule is CCNC(=O)C(C)N(Cc1ccc(OC)cc1)C(=O)CN(c1ccc(C(C)C)cc1)S(C)(=O)=O. The summed E-state index contributed by atoms with van der Waals surface area (Å²) < 4.78 is 31.5. The summed E-state index contributed by atoms with van der Waals surface area (Å²) in [5.74, 6) is 0.177. The average Bonchev–Trinajstić information content (AvgIpc) is 2.80. The minimum atomic E-state index is -3.75. The molecule has 1 unspecified atom stereocenters. The van der Waals surface area contributed by atoms with Gasteiger partial charge >= 0.3 is 0 Å². The smallest absolute Gasteiger partial charge is 0.244 e. The standard InChI is InChI=1S/C25H35N3O5S/c1-7-26-25(30)19(4)27(16-20-8-14-23(33-5)15-9-20)24(29)17-28(34(6,31)32)22-12-10-21(11-13-22)18(2)3/h8-15,18-19H,7,16-17H2,1-6H3,(H,26,30). The Morgan fingerprint density at radius 3 is 2.06 bits per heavy atom. The summed E-state index contributed by atoms with van der Waals surface area (Å²) in [7, 11) is -2.18. The number of methoxy groups -OCH3 is 1. The van der Waals surface area contributed by atoms with Crippen molar-refractivity contribution >= 4 is 27.5 Å². The lowest BCUT2D eigenvalue weighted by Crippen LogP contribution is -2.51. The molecule has 2 rings (SSSR count). The molecule has 2 aromatic rings. The Balaban J connectivity index is 2.36. The molecular formula is C25H35N3O5S. The van der Waals surface area contributed by atoms with Gasteiger partial charge in [-0.1, -0.05) is 38.1 Å². The van der Waals surface area contributed by atoms with Crippen molar-refractivity contribution < 1.29 is 22.7 Å². The number of amides is 2. The van der Waals surface area contributed by atoms with E-state index in [4.69, 9.17) is 4.74 Å². The van der Waals surface area contributed by atoms with E-state index in [1.807, 2.05) is 38.1 Å². The third-order valence-electron chi connectivity index (χ3n) is 5.56. The van der Waals surface area contributed by atoms with Crippen molar-refractivity contribution in [2.75, 3.05) is 30.8 Å². The molecule has 9 heteroatoms. The second kappa shape index (κ2) is 11.9. The number of ether oxygens (including phenoxy) is 1. The highest BCUT2D eigenvalue weighted by atomic mass is 32.2. The summed E-state index contributed by atoms with van der Waals surface area (Å²) in [6.07, 6.45) is 1.07. The molecule has 34 heavy (non-hydrogen) atoms. The molecule has 2 amide bonds. The van der Waals surface area contributed by atoms with Gasteiger partial charge in [0.15, 0.2) is 0 Å². The first-order valence-electron chi connectivity index (χ1n) is 11.3. The molecule has 1 N–H and O–H groups in total. The van der Waals surface area contributed by atoms with Crippen LogP contribution in [0.1, 0.15) is 44.7 Å². The fraction of sp³-hybridized carbons (Fsp3) is 0.440. The van der Waals surface area contributed by atoms with Crippen LogP contribution < -0.4 is 14.4 Å². The highest BCUT2D eigenvalue weighted by Gasteiger charge is 2.30. The fourth-order valence-corrected chi connectivity index (χ4v) is 4.32. The summed E-state index contributed by atoms with van der Waals surface area (Å²) in [4.78, 5) is 27.4. The van der Waals surface area contributed by atoms with Gasteiger partial charge in [-0.15, -0.1) is 0 Å². The minimum absolute atomic E-state index is 0.144. The van der Waals surface area contributed by atoms with E-state index < -0.39 is 28.5 Å². The van der Waals surface area contributed by atoms with Crippen LogP contribution in [0, 0.1) is 0 Å². The Morgan fingerprint density at radius 2 is 1.59 bits per heavy atom. The molecule has 0 aliphatic rings. The van der Waals surface area contributed by atoms with E-state index in [9.17, 15) is 18.0 Å². The van der Waals surface area contributed by atoms with Crippen molar-refractivity contribution in [1.29, 1.82) is 0 Å². The van der Waals surface area contributed by atoms with Crippen LogP contribution in [0.25, 0.3) is 0 Å². The van der Waals surface area contributed by atoms with Crippen molar-refractivity contribution in [3.63, 3.8) is 0 Å². The molecular weight excluding hydrogens is 454 g/mol. The van der Waals surface area contributed by atoms with E-state index in [0.717, 1.165) is 21.7 Å². The Hall–Kier alpha value is -3.07. The predicted octanol–water partition coefficient (Wildman–Crippen LogP) is 3.14. The van der Waals surface area contributed by atoms with Gasteiger partial charge in [0.25, 0.3) is 0 Å². The van der Waals surface area contributed by atoms with Gasteiger partial charge in [-0.25, -0.2) is 8.42 Å². The van der Waals surface area contributed by atoms with Gasteiger partial charge in [0.2, 0.25) is 21.8 Å². The summed E-state index contributed by atoms with van der Waals surface area (Å²) in [6.45, 7) is 7.68. The second-order valence-electron chi connectivity index (χ2n) is 8.46. The number of hydrogen-bond acceptors (Lipinski definition) is 5. The van der Waals surface area contributed by atoms with E-state index in [1.165, 1.54) is 4.90 Å². The van der Waals surface area contributed by atoms with E-state index in [0.29, 0.717) is 23.9 Å². The Bertz CT molecular complexity index is 1070. The van der Waals surface area contributed by atoms with Gasteiger partial charge in [0.1, 0.15) is 18.3 Å². The van der Waals surface area contributed by atoms with Crippen LogP contribution in [0.2, 0.25) is 0 Å². The zero-order chi connectivity index (χ0) is 25.5. The van der Waals surface area contributed by atoms with Crippen molar-refractivity contribution in [3.05, 3.63) is 59.7 Å². The second-order valence-corrected chi connectivity index (χ2v) is 10.4. The molecule has 0 aliphatic carbocycles. The molecule has 0 fully saturated rings. The Labute approximate surface area is 202 Å². The van der Waals surface area contributed by atoms with Crippen LogP contribution in [-0.2, 0) is 26.2 Å². The molecule has 0 bridgehead atoms. The predicted molar refractivity (Wildman–Crippen MR) is 134 cm³/mol. The van der Waals surface area contributed by atoms with E-state index in [1.54, 1.807) is 45.2 Å². The Morgan fingerprint density at radius 1 is 1.00 bits per heavy atom. The number of sulfonamides is 1. The van der Waals surface area contributed by atoms with Gasteiger partial charge in [0, 0.05) is 13.1 Å². The quantitative estimate of drug-likeness (QED) is 0.523. The molecule has 0 spiro atoms. The van der Waals surface area contributed by atoms with E-state index >= 15 is 0 Å². The van der Waals surface area contributed by atoms with Gasteiger partial charge in [-0.3, -0.25) is 13.9 Å². The molecule has 0 aromatic heterocycles. The van der Waals surface area contributed by atoms with E-state index in [-0.39, 0.29) is 12.5 Å². The van der Waals surface area contributed by atoms with Gasteiger partial charge < -0.3 is 15.0 Å². The first kappa shape index (κ1) is 27.2. The largest absolute Gasteiger partial charge is 0.497 e. The summed E-state index contributed by atoms with van der Waals surface area (Å²) in [5.41, 5.74) is 2.25. The lowest BCUT2D eigenvalue weighted by Gasteiger charge is -2.31. The molecule has 0 radical (unpaired) electrons. The normalized spacial score (nSPS) is 12.2. The van der Waals surface area contributed by atoms with Crippen LogP contribution in [0.4, 0.5) is 5.69 Å². The van der Waals surface area contributed by atoms with Gasteiger partial charge in [-0.2, -0.15) is 0 Å². The first-order chi connectivity index (χ1) is 16.0. The fourth-order valence-electron chi connectivity index (χ4n) is 3.47. The number of nitrogens with one attached hydrogen (secondary N) is 1. The van der Waals surface area contributed by atoms with Gasteiger partial charge in [-0.05, 0) is 55.2 Å². The maximum Gasteiger partial charge on any atom is 0.244 e. The summed E-state index contributed by atoms with van der Waals surface area (Å²) in [5, 5.41) is 2.73. The average molecular weight is 490 g/mol. The van der Waals surface area contributed by atoms with Crippen molar-refractivity contribution in [2.45, 2.75) is 46.2 Å². The number of rotatable bonds is 11. The van der Waals surface area contributed by atoms with Crippen molar-refractivity contribution in [1.82, 2.24) is 10.2 Å². The number of benzene rings is 2. The lowest BCUT2D eigenvalue weighted by atomic mass is 10.0. The van der Waals surface area contributed by atoms with Crippen molar-refractivity contribution in [3.8, 4) is 5.75 Å². The third-order valence-corrected chi connectivity index (χ3v) is 6.70. The minimum Gasteiger partial charge on any atom is -0.497 e. The molecule has 0 saturated heterocycles. The monoisotopic (exact) mass is 489 g/mol. The highest BCUT2D eigenvalue weighted by Crippen LogP contribution is 2.23. The van der Waals surface area contributed by atoms with Crippen LogP contribution in [0.15, 0.2) is 48.5 Å². The van der Waals surface area contributed by atoms with E-state index in [2.05, 4.69) is 5.32 Å². The molecule has 186 valence electrons. The number of carbonyl (C=O) groups is 2. The maximum atomic E-state index is 13.4. The highest BCUT2D eigenvalue weighted by molar-refractivity contribution is 7.92. The number of anilines is 1. The number of nitrogens with zero attached hydrogens (tertiary/aromatic N) is 2. The van der Waals surface area contributed by atoms with Crippen LogP contribution in [0.5, 0.6) is 5.75 Å². The first-order valence-corrected chi connectivity index (χ1v) is 13.1. The molecule has 2 aromatic carbocycles. The zero-order valence-corrected chi connectivity index (χ0v) is 21.6. The summed E-state index contributed by atoms with van der Waals surface area (Å²) >= 11 is 0. The number of hydrogen-bond donors (Lipinski definition) is 1. The number of carbonyl (C=O) groups excluding carboxylic acids is 2. The molecule has 0 saturated carbocycles. The van der Waals surface area contributed by atoms with Crippen molar-refractivity contribution in [2.24, 2.45) is 0 Å². The number of likely N-dealkylation sites (N-methyl/N-ethyl adjacent to an activating group) is 1. The topological polar surface area (TPSA) is 96.0 Å².